The molecule has 7 nitrogen and oxygen atoms in total. The third-order valence-corrected chi connectivity index (χ3v) is 10.3. The molecule has 1 saturated heterocycles. The van der Waals surface area contributed by atoms with Crippen molar-refractivity contribution < 1.29 is 26.6 Å². The van der Waals surface area contributed by atoms with Crippen LogP contribution in [0.5, 0.6) is 0 Å². The molecule has 1 fully saturated rings. The summed E-state index contributed by atoms with van der Waals surface area (Å²) in [6.45, 7) is 15.3. The van der Waals surface area contributed by atoms with Gasteiger partial charge in [-0.05, 0) is 37.4 Å². The highest BCUT2D eigenvalue weighted by Gasteiger charge is 2.43. The molecule has 0 aromatic heterocycles. The van der Waals surface area contributed by atoms with Crippen LogP contribution in [0.2, 0.25) is 18.1 Å². The van der Waals surface area contributed by atoms with E-state index >= 15 is 0 Å². The van der Waals surface area contributed by atoms with Crippen molar-refractivity contribution in [3.8, 4) is 0 Å². The van der Waals surface area contributed by atoms with Gasteiger partial charge >= 0.3 is 6.09 Å². The van der Waals surface area contributed by atoms with Crippen LogP contribution in [-0.2, 0) is 23.5 Å². The summed E-state index contributed by atoms with van der Waals surface area (Å²) in [5, 5.41) is 0.0859. The van der Waals surface area contributed by atoms with E-state index < -0.39 is 18.4 Å². The largest absolute Gasteiger partial charge is 0.445 e. The third-order valence-electron chi connectivity index (χ3n) is 5.18. The maximum absolute atomic E-state index is 12.4. The molecule has 158 valence electrons. The van der Waals surface area contributed by atoms with Crippen LogP contribution in [0.4, 0.5) is 4.79 Å². The van der Waals surface area contributed by atoms with Gasteiger partial charge in [0, 0.05) is 12.6 Å². The Morgan fingerprint density at radius 2 is 1.96 bits per heavy atom. The zero-order chi connectivity index (χ0) is 20.9. The molecule has 0 unspecified atom stereocenters. The van der Waals surface area contributed by atoms with E-state index in [1.165, 1.54) is 6.08 Å². The summed E-state index contributed by atoms with van der Waals surface area (Å²) < 4.78 is 38.7. The van der Waals surface area contributed by atoms with E-state index in [-0.39, 0.29) is 36.5 Å². The number of ether oxygens (including phenoxy) is 1. The normalized spacial score (nSPS) is 21.3. The van der Waals surface area contributed by atoms with E-state index in [0.29, 0.717) is 25.8 Å². The van der Waals surface area contributed by atoms with Gasteiger partial charge in [-0.3, -0.25) is 4.18 Å². The van der Waals surface area contributed by atoms with Crippen LogP contribution < -0.4 is 0 Å². The minimum Gasteiger partial charge on any atom is -0.445 e. The first-order chi connectivity index (χ1) is 12.3. The molecule has 0 aromatic carbocycles. The second kappa shape index (κ2) is 9.53. The lowest BCUT2D eigenvalue weighted by Crippen LogP contribution is -2.44. The SMILES string of the molecule is C=CCOC(=O)N1C[C@H](O[Si](C)(C)C(C)(C)C)C[C@H]1CCCOS(C)(=O)=O. The molecular weight excluding hydrogens is 386 g/mol. The first-order valence-corrected chi connectivity index (χ1v) is 14.1. The van der Waals surface area contributed by atoms with Crippen LogP contribution >= 0.6 is 0 Å². The van der Waals surface area contributed by atoms with Gasteiger partial charge in [-0.2, -0.15) is 8.42 Å². The van der Waals surface area contributed by atoms with Crippen LogP contribution in [0.1, 0.15) is 40.0 Å². The van der Waals surface area contributed by atoms with Crippen molar-refractivity contribution in [3.63, 3.8) is 0 Å². The Labute approximate surface area is 165 Å². The van der Waals surface area contributed by atoms with Crippen LogP contribution in [0.15, 0.2) is 12.7 Å². The first kappa shape index (κ1) is 24.1. The fourth-order valence-corrected chi connectivity index (χ4v) is 4.57. The third kappa shape index (κ3) is 7.93. The zero-order valence-electron chi connectivity index (χ0n) is 17.5. The highest BCUT2D eigenvalue weighted by molar-refractivity contribution is 7.85. The molecule has 1 rings (SSSR count). The number of nitrogens with zero attached hydrogens (tertiary/aromatic N) is 1. The molecule has 0 saturated carbocycles. The lowest BCUT2D eigenvalue weighted by Gasteiger charge is -2.38. The molecule has 2 atom stereocenters. The number of hydrogen-bond donors (Lipinski definition) is 0. The summed E-state index contributed by atoms with van der Waals surface area (Å²) in [5.74, 6) is 0. The number of amides is 1. The Morgan fingerprint density at radius 1 is 1.33 bits per heavy atom. The number of likely N-dealkylation sites (tertiary alicyclic amines) is 1. The van der Waals surface area contributed by atoms with Gasteiger partial charge in [-0.15, -0.1) is 0 Å². The van der Waals surface area contributed by atoms with E-state index in [0.717, 1.165) is 6.26 Å². The highest BCUT2D eigenvalue weighted by atomic mass is 32.2. The van der Waals surface area contributed by atoms with Gasteiger partial charge in [0.15, 0.2) is 8.32 Å². The predicted molar refractivity (Wildman–Crippen MR) is 109 cm³/mol. The van der Waals surface area contributed by atoms with E-state index in [1.807, 2.05) is 0 Å². The van der Waals surface area contributed by atoms with Crippen molar-refractivity contribution in [3.05, 3.63) is 12.7 Å². The second-order valence-electron chi connectivity index (χ2n) is 8.58. The maximum atomic E-state index is 12.4. The highest BCUT2D eigenvalue weighted by Crippen LogP contribution is 2.39. The Kier molecular flexibility index (Phi) is 8.52. The van der Waals surface area contributed by atoms with Gasteiger partial charge in [-0.25, -0.2) is 4.79 Å². The quantitative estimate of drug-likeness (QED) is 0.245. The lowest BCUT2D eigenvalue weighted by molar-refractivity contribution is 0.101. The summed E-state index contributed by atoms with van der Waals surface area (Å²) in [5.41, 5.74) is 0. The smallest absolute Gasteiger partial charge is 0.410 e. The predicted octanol–water partition coefficient (Wildman–Crippen LogP) is 3.53. The Hall–Kier alpha value is -0.903. The average Bonchev–Trinajstić information content (AvgIpc) is 2.89. The van der Waals surface area contributed by atoms with Crippen LogP contribution in [0.25, 0.3) is 0 Å². The van der Waals surface area contributed by atoms with Gasteiger partial charge in [-0.1, -0.05) is 33.4 Å². The molecule has 0 spiro atoms. The van der Waals surface area contributed by atoms with Crippen LogP contribution in [-0.4, -0.2) is 65.9 Å². The van der Waals surface area contributed by atoms with Crippen molar-refractivity contribution in [1.29, 1.82) is 0 Å². The Morgan fingerprint density at radius 3 is 2.48 bits per heavy atom. The van der Waals surface area contributed by atoms with Crippen LogP contribution in [0.3, 0.4) is 0 Å². The zero-order valence-corrected chi connectivity index (χ0v) is 19.3. The monoisotopic (exact) mass is 421 g/mol. The summed E-state index contributed by atoms with van der Waals surface area (Å²) in [7, 11) is -5.40. The lowest BCUT2D eigenvalue weighted by atomic mass is 10.1. The first-order valence-electron chi connectivity index (χ1n) is 9.33. The standard InChI is InChI=1S/C18H35NO6SSi/c1-8-11-23-17(20)19-14-16(25-27(6,7)18(2,3)4)13-15(19)10-9-12-24-26(5,21)22/h8,15-16H,1,9-14H2,2-7H3/t15-,16-/m1/s1. The van der Waals surface area contributed by atoms with Gasteiger partial charge < -0.3 is 14.1 Å². The summed E-state index contributed by atoms with van der Waals surface area (Å²) >= 11 is 0. The minimum absolute atomic E-state index is 0.0389. The van der Waals surface area contributed by atoms with E-state index in [4.69, 9.17) is 13.3 Å². The number of carbonyl (C=O) groups excluding carboxylic acids is 1. The minimum atomic E-state index is -3.45. The van der Waals surface area contributed by atoms with Gasteiger partial charge in [0.05, 0.1) is 19.0 Å². The summed E-state index contributed by atoms with van der Waals surface area (Å²) in [6.07, 6.45) is 4.03. The van der Waals surface area contributed by atoms with Gasteiger partial charge in [0.1, 0.15) is 6.61 Å². The molecule has 9 heteroatoms. The second-order valence-corrected chi connectivity index (χ2v) is 15.0. The molecule has 0 aliphatic carbocycles. The van der Waals surface area contributed by atoms with Crippen molar-refractivity contribution in [2.24, 2.45) is 0 Å². The van der Waals surface area contributed by atoms with Crippen molar-refractivity contribution in [2.75, 3.05) is 26.0 Å². The molecule has 0 N–H and O–H groups in total. The topological polar surface area (TPSA) is 82.1 Å². The Bertz CT molecular complexity index is 614. The van der Waals surface area contributed by atoms with Crippen molar-refractivity contribution >= 4 is 24.5 Å². The molecule has 1 aliphatic heterocycles. The molecule has 0 bridgehead atoms. The van der Waals surface area contributed by atoms with Gasteiger partial charge in [0.25, 0.3) is 10.1 Å². The molecule has 27 heavy (non-hydrogen) atoms. The Balaban J connectivity index is 2.74. The molecule has 0 radical (unpaired) electrons. The van der Waals surface area contributed by atoms with Crippen molar-refractivity contribution in [2.45, 2.75) is 70.3 Å². The summed E-state index contributed by atoms with van der Waals surface area (Å²) in [6, 6.07) is -0.0553. The number of carbonyl (C=O) groups is 1. The van der Waals surface area contributed by atoms with E-state index in [1.54, 1.807) is 4.90 Å². The molecule has 1 heterocycles. The van der Waals surface area contributed by atoms with E-state index in [2.05, 4.69) is 40.4 Å². The van der Waals surface area contributed by atoms with Crippen molar-refractivity contribution in [1.82, 2.24) is 4.90 Å². The summed E-state index contributed by atoms with van der Waals surface area (Å²) in [4.78, 5) is 14.1. The molecule has 1 amide bonds. The average molecular weight is 422 g/mol. The molecular formula is C18H35NO6SSi. The number of hydrogen-bond acceptors (Lipinski definition) is 6. The maximum Gasteiger partial charge on any atom is 0.410 e. The molecule has 1 aliphatic rings. The van der Waals surface area contributed by atoms with E-state index in [9.17, 15) is 13.2 Å². The van der Waals surface area contributed by atoms with Crippen LogP contribution in [0, 0.1) is 0 Å². The fraction of sp³-hybridized carbons (Fsp3) is 0.833. The van der Waals surface area contributed by atoms with Gasteiger partial charge in [0.2, 0.25) is 0 Å². The fourth-order valence-electron chi connectivity index (χ4n) is 2.79. The molecule has 0 aromatic rings. The number of rotatable bonds is 9.